The molecule has 1 unspecified atom stereocenters. The highest BCUT2D eigenvalue weighted by Gasteiger charge is 2.24. The molecule has 0 spiro atoms. The summed E-state index contributed by atoms with van der Waals surface area (Å²) in [7, 11) is 0. The summed E-state index contributed by atoms with van der Waals surface area (Å²) >= 11 is 0. The van der Waals surface area contributed by atoms with Gasteiger partial charge in [-0.25, -0.2) is 9.97 Å². The highest BCUT2D eigenvalue weighted by molar-refractivity contribution is 5.93. The first kappa shape index (κ1) is 13.0. The van der Waals surface area contributed by atoms with Crippen LogP contribution in [-0.2, 0) is 9.53 Å². The third-order valence-electron chi connectivity index (χ3n) is 2.86. The molecule has 1 fully saturated rings. The van der Waals surface area contributed by atoms with E-state index in [0.717, 1.165) is 24.4 Å². The van der Waals surface area contributed by atoms with Crippen molar-refractivity contribution in [2.45, 2.75) is 45.6 Å². The van der Waals surface area contributed by atoms with E-state index in [1.54, 1.807) is 6.07 Å². The van der Waals surface area contributed by atoms with Crippen molar-refractivity contribution < 1.29 is 9.53 Å². The Labute approximate surface area is 107 Å². The molecule has 1 aromatic rings. The zero-order valence-corrected chi connectivity index (χ0v) is 11.1. The van der Waals surface area contributed by atoms with Gasteiger partial charge in [0.05, 0.1) is 0 Å². The molecule has 18 heavy (non-hydrogen) atoms. The maximum atomic E-state index is 11.9. The molecule has 2 heterocycles. The molecule has 1 aliphatic heterocycles. The summed E-state index contributed by atoms with van der Waals surface area (Å²) < 4.78 is 5.34. The molecule has 0 saturated carbocycles. The highest BCUT2D eigenvalue weighted by Crippen LogP contribution is 2.16. The van der Waals surface area contributed by atoms with Crippen molar-refractivity contribution in [1.82, 2.24) is 9.97 Å². The second kappa shape index (κ2) is 5.44. The van der Waals surface area contributed by atoms with Crippen molar-refractivity contribution in [2.24, 2.45) is 0 Å². The fraction of sp³-hybridized carbons (Fsp3) is 0.615. The van der Waals surface area contributed by atoms with Crippen LogP contribution in [0.25, 0.3) is 0 Å². The van der Waals surface area contributed by atoms with E-state index in [4.69, 9.17) is 4.74 Å². The van der Waals surface area contributed by atoms with Gasteiger partial charge in [0.25, 0.3) is 5.91 Å². The molecule has 0 aliphatic carbocycles. The Morgan fingerprint density at radius 1 is 1.50 bits per heavy atom. The van der Waals surface area contributed by atoms with Crippen LogP contribution in [0.3, 0.4) is 0 Å². The Hall–Kier alpha value is -1.49. The Balaban J connectivity index is 2.10. The van der Waals surface area contributed by atoms with Gasteiger partial charge in [0, 0.05) is 24.3 Å². The van der Waals surface area contributed by atoms with Crippen LogP contribution in [0.5, 0.6) is 0 Å². The number of carbonyl (C=O) groups is 1. The van der Waals surface area contributed by atoms with Crippen molar-refractivity contribution in [3.05, 3.63) is 17.6 Å². The second-order valence-electron chi connectivity index (χ2n) is 4.90. The number of hydrogen-bond acceptors (Lipinski definition) is 4. The van der Waals surface area contributed by atoms with Gasteiger partial charge in [-0.15, -0.1) is 0 Å². The van der Waals surface area contributed by atoms with E-state index in [1.807, 2.05) is 20.8 Å². The average Bonchev–Trinajstić information content (AvgIpc) is 2.81. The SMILES string of the molecule is Cc1cc(NC(=O)C2CCCO2)nc(C(C)C)n1. The molecular weight excluding hydrogens is 230 g/mol. The van der Waals surface area contributed by atoms with Gasteiger partial charge in [-0.3, -0.25) is 4.79 Å². The van der Waals surface area contributed by atoms with E-state index in [2.05, 4.69) is 15.3 Å². The van der Waals surface area contributed by atoms with Crippen LogP contribution < -0.4 is 5.32 Å². The summed E-state index contributed by atoms with van der Waals surface area (Å²) in [6.45, 7) is 6.62. The lowest BCUT2D eigenvalue weighted by atomic mass is 10.2. The predicted octanol–water partition coefficient (Wildman–Crippen LogP) is 2.03. The van der Waals surface area contributed by atoms with Gasteiger partial charge in [0.2, 0.25) is 0 Å². The monoisotopic (exact) mass is 249 g/mol. The lowest BCUT2D eigenvalue weighted by molar-refractivity contribution is -0.124. The number of rotatable bonds is 3. The zero-order valence-electron chi connectivity index (χ0n) is 11.1. The predicted molar refractivity (Wildman–Crippen MR) is 68.5 cm³/mol. The number of amides is 1. The Morgan fingerprint density at radius 2 is 2.28 bits per heavy atom. The van der Waals surface area contributed by atoms with Gasteiger partial charge >= 0.3 is 0 Å². The van der Waals surface area contributed by atoms with Crippen molar-refractivity contribution in [3.63, 3.8) is 0 Å². The number of aryl methyl sites for hydroxylation is 1. The Bertz CT molecular complexity index is 440. The summed E-state index contributed by atoms with van der Waals surface area (Å²) in [4.78, 5) is 20.6. The Kier molecular flexibility index (Phi) is 3.91. The minimum absolute atomic E-state index is 0.111. The first-order valence-electron chi connectivity index (χ1n) is 6.34. The van der Waals surface area contributed by atoms with Crippen molar-refractivity contribution in [1.29, 1.82) is 0 Å². The number of hydrogen-bond donors (Lipinski definition) is 1. The standard InChI is InChI=1S/C13H19N3O2/c1-8(2)12-14-9(3)7-11(15-12)16-13(17)10-5-4-6-18-10/h7-8,10H,4-6H2,1-3H3,(H,14,15,16,17). The number of nitrogens with zero attached hydrogens (tertiary/aromatic N) is 2. The fourth-order valence-electron chi connectivity index (χ4n) is 1.90. The summed E-state index contributed by atoms with van der Waals surface area (Å²) in [6, 6.07) is 1.78. The van der Waals surface area contributed by atoms with E-state index >= 15 is 0 Å². The van der Waals surface area contributed by atoms with E-state index in [-0.39, 0.29) is 17.9 Å². The normalized spacial score (nSPS) is 19.2. The van der Waals surface area contributed by atoms with Gasteiger partial charge in [-0.1, -0.05) is 13.8 Å². The largest absolute Gasteiger partial charge is 0.368 e. The minimum Gasteiger partial charge on any atom is -0.368 e. The third kappa shape index (κ3) is 3.04. The minimum atomic E-state index is -0.331. The topological polar surface area (TPSA) is 64.1 Å². The second-order valence-corrected chi connectivity index (χ2v) is 4.90. The molecule has 1 saturated heterocycles. The molecule has 1 N–H and O–H groups in total. The van der Waals surface area contributed by atoms with Gasteiger partial charge in [-0.2, -0.15) is 0 Å². The van der Waals surface area contributed by atoms with Crippen molar-refractivity contribution in [2.75, 3.05) is 11.9 Å². The summed E-state index contributed by atoms with van der Waals surface area (Å²) in [6.07, 6.45) is 1.40. The highest BCUT2D eigenvalue weighted by atomic mass is 16.5. The average molecular weight is 249 g/mol. The molecule has 0 aromatic carbocycles. The van der Waals surface area contributed by atoms with Crippen LogP contribution in [0.2, 0.25) is 0 Å². The van der Waals surface area contributed by atoms with Gasteiger partial charge in [-0.05, 0) is 19.8 Å². The smallest absolute Gasteiger partial charge is 0.254 e. The maximum absolute atomic E-state index is 11.9. The van der Waals surface area contributed by atoms with E-state index < -0.39 is 0 Å². The lowest BCUT2D eigenvalue weighted by Crippen LogP contribution is -2.27. The molecule has 5 heteroatoms. The van der Waals surface area contributed by atoms with E-state index in [1.165, 1.54) is 0 Å². The van der Waals surface area contributed by atoms with Crippen LogP contribution >= 0.6 is 0 Å². The number of carbonyl (C=O) groups excluding carboxylic acids is 1. The fourth-order valence-corrected chi connectivity index (χ4v) is 1.90. The Morgan fingerprint density at radius 3 is 2.89 bits per heavy atom. The van der Waals surface area contributed by atoms with E-state index in [0.29, 0.717) is 12.4 Å². The molecular formula is C13H19N3O2. The van der Waals surface area contributed by atoms with Crippen LogP contribution in [0.4, 0.5) is 5.82 Å². The quantitative estimate of drug-likeness (QED) is 0.890. The third-order valence-corrected chi connectivity index (χ3v) is 2.86. The lowest BCUT2D eigenvalue weighted by Gasteiger charge is -2.12. The summed E-state index contributed by atoms with van der Waals surface area (Å²) in [5, 5.41) is 2.80. The van der Waals surface area contributed by atoms with Crippen molar-refractivity contribution >= 4 is 11.7 Å². The summed E-state index contributed by atoms with van der Waals surface area (Å²) in [5.74, 6) is 1.44. The molecule has 1 aromatic heterocycles. The number of nitrogens with one attached hydrogen (secondary N) is 1. The van der Waals surface area contributed by atoms with Gasteiger partial charge in [0.1, 0.15) is 17.7 Å². The van der Waals surface area contributed by atoms with Crippen LogP contribution in [0.15, 0.2) is 6.07 Å². The number of anilines is 1. The molecule has 98 valence electrons. The summed E-state index contributed by atoms with van der Waals surface area (Å²) in [5.41, 5.74) is 0.858. The molecule has 1 amide bonds. The molecule has 5 nitrogen and oxygen atoms in total. The van der Waals surface area contributed by atoms with Gasteiger partial charge < -0.3 is 10.1 Å². The molecule has 0 radical (unpaired) electrons. The molecule has 1 atom stereocenters. The molecule has 2 rings (SSSR count). The van der Waals surface area contributed by atoms with Crippen LogP contribution in [0.1, 0.15) is 44.1 Å². The number of ether oxygens (including phenoxy) is 1. The molecule has 1 aliphatic rings. The van der Waals surface area contributed by atoms with E-state index in [9.17, 15) is 4.79 Å². The van der Waals surface area contributed by atoms with Crippen LogP contribution in [0, 0.1) is 6.92 Å². The van der Waals surface area contributed by atoms with Crippen molar-refractivity contribution in [3.8, 4) is 0 Å². The number of aromatic nitrogens is 2. The van der Waals surface area contributed by atoms with Gasteiger partial charge in [0.15, 0.2) is 0 Å². The maximum Gasteiger partial charge on any atom is 0.254 e. The first-order valence-corrected chi connectivity index (χ1v) is 6.34. The first-order chi connectivity index (χ1) is 8.56. The zero-order chi connectivity index (χ0) is 13.1. The van der Waals surface area contributed by atoms with Crippen LogP contribution in [-0.4, -0.2) is 28.6 Å². The molecule has 0 bridgehead atoms.